The Kier molecular flexibility index (Phi) is 3.40. The van der Waals surface area contributed by atoms with Crippen LogP contribution < -0.4 is 0 Å². The number of aldehydes is 1. The number of rotatable bonds is 2. The molecule has 0 N–H and O–H groups in total. The molecule has 18 heavy (non-hydrogen) atoms. The zero-order chi connectivity index (χ0) is 13.4. The van der Waals surface area contributed by atoms with E-state index in [0.29, 0.717) is 10.7 Å². The highest BCUT2D eigenvalue weighted by atomic mass is 35.5. The van der Waals surface area contributed by atoms with Crippen molar-refractivity contribution >= 4 is 28.8 Å². The van der Waals surface area contributed by atoms with Gasteiger partial charge in [0.15, 0.2) is 6.29 Å². The Balaban J connectivity index is 3.01. The van der Waals surface area contributed by atoms with Gasteiger partial charge >= 0.3 is 0 Å². The first-order valence-corrected chi connectivity index (χ1v) is 6.39. The first kappa shape index (κ1) is 13.0. The minimum atomic E-state index is 0.231. The lowest BCUT2D eigenvalue weighted by Crippen LogP contribution is -2.02. The fraction of sp³-hybridized carbons (Fsp3) is 0.333. The Morgan fingerprint density at radius 1 is 1.28 bits per heavy atom. The summed E-state index contributed by atoms with van der Waals surface area (Å²) in [6.45, 7) is 8.21. The van der Waals surface area contributed by atoms with E-state index in [1.807, 2.05) is 19.9 Å². The Labute approximate surface area is 112 Å². The molecule has 2 aromatic rings. The molecule has 2 nitrogen and oxygen atoms in total. The number of halogens is 1. The number of benzene rings is 1. The van der Waals surface area contributed by atoms with Crippen LogP contribution in [0.2, 0.25) is 5.15 Å². The van der Waals surface area contributed by atoms with Crippen molar-refractivity contribution in [1.82, 2.24) is 4.98 Å². The van der Waals surface area contributed by atoms with E-state index < -0.39 is 0 Å². The molecule has 1 heterocycles. The predicted molar refractivity (Wildman–Crippen MR) is 75.7 cm³/mol. The predicted octanol–water partition coefficient (Wildman–Crippen LogP) is 4.44. The van der Waals surface area contributed by atoms with E-state index in [-0.39, 0.29) is 5.92 Å². The summed E-state index contributed by atoms with van der Waals surface area (Å²) in [7, 11) is 0. The smallest absolute Gasteiger partial charge is 0.153 e. The molecule has 0 radical (unpaired) electrons. The molecular weight excluding hydrogens is 246 g/mol. The lowest BCUT2D eigenvalue weighted by atomic mass is 9.91. The van der Waals surface area contributed by atoms with Gasteiger partial charge in [-0.2, -0.15) is 0 Å². The molecule has 0 aliphatic heterocycles. The van der Waals surface area contributed by atoms with Gasteiger partial charge in [0.05, 0.1) is 11.1 Å². The van der Waals surface area contributed by atoms with Gasteiger partial charge in [-0.15, -0.1) is 0 Å². The number of carbonyl (C=O) groups is 1. The largest absolute Gasteiger partial charge is 0.298 e. The quantitative estimate of drug-likeness (QED) is 0.591. The third-order valence-corrected chi connectivity index (χ3v) is 3.44. The minimum absolute atomic E-state index is 0.231. The maximum atomic E-state index is 11.3. The standard InChI is InChI=1S/C15H16ClNO/c1-8(2)13-11(7-18)15(16)17-12-6-9(3)5-10(4)14(12)13/h5-8H,1-4H3. The van der Waals surface area contributed by atoms with Crippen LogP contribution in [0, 0.1) is 13.8 Å². The van der Waals surface area contributed by atoms with Gasteiger partial charge in [0.1, 0.15) is 5.15 Å². The van der Waals surface area contributed by atoms with E-state index in [0.717, 1.165) is 33.9 Å². The minimum Gasteiger partial charge on any atom is -0.298 e. The molecule has 1 aromatic carbocycles. The molecule has 0 aliphatic rings. The molecule has 0 spiro atoms. The lowest BCUT2D eigenvalue weighted by molar-refractivity contribution is 0.112. The highest BCUT2D eigenvalue weighted by Gasteiger charge is 2.17. The summed E-state index contributed by atoms with van der Waals surface area (Å²) >= 11 is 6.11. The van der Waals surface area contributed by atoms with Crippen LogP contribution in [0.5, 0.6) is 0 Å². The molecule has 3 heteroatoms. The van der Waals surface area contributed by atoms with E-state index in [2.05, 4.69) is 24.9 Å². The van der Waals surface area contributed by atoms with Crippen LogP contribution in [-0.2, 0) is 0 Å². The Morgan fingerprint density at radius 3 is 2.50 bits per heavy atom. The molecule has 2 rings (SSSR count). The van der Waals surface area contributed by atoms with Crippen molar-refractivity contribution < 1.29 is 4.79 Å². The van der Waals surface area contributed by atoms with Crippen molar-refractivity contribution in [3.63, 3.8) is 0 Å². The molecule has 0 bridgehead atoms. The second kappa shape index (κ2) is 4.69. The van der Waals surface area contributed by atoms with Crippen molar-refractivity contribution in [2.45, 2.75) is 33.6 Å². The number of hydrogen-bond acceptors (Lipinski definition) is 2. The Hall–Kier alpha value is -1.41. The fourth-order valence-corrected chi connectivity index (χ4v) is 2.74. The van der Waals surface area contributed by atoms with Crippen LogP contribution in [0.15, 0.2) is 12.1 Å². The van der Waals surface area contributed by atoms with Crippen LogP contribution in [0.1, 0.15) is 46.8 Å². The van der Waals surface area contributed by atoms with Gasteiger partial charge in [0.25, 0.3) is 0 Å². The van der Waals surface area contributed by atoms with Gasteiger partial charge in [0.2, 0.25) is 0 Å². The number of fused-ring (bicyclic) bond motifs is 1. The average Bonchev–Trinajstić information content (AvgIpc) is 2.26. The lowest BCUT2D eigenvalue weighted by Gasteiger charge is -2.16. The van der Waals surface area contributed by atoms with E-state index in [1.54, 1.807) is 0 Å². The molecule has 0 amide bonds. The van der Waals surface area contributed by atoms with Crippen molar-refractivity contribution in [2.24, 2.45) is 0 Å². The third-order valence-electron chi connectivity index (χ3n) is 3.15. The van der Waals surface area contributed by atoms with Crippen LogP contribution in [0.4, 0.5) is 0 Å². The van der Waals surface area contributed by atoms with Gasteiger partial charge in [0, 0.05) is 5.39 Å². The maximum absolute atomic E-state index is 11.3. The molecule has 0 unspecified atom stereocenters. The first-order valence-electron chi connectivity index (χ1n) is 6.01. The van der Waals surface area contributed by atoms with Crippen molar-refractivity contribution in [3.8, 4) is 0 Å². The van der Waals surface area contributed by atoms with Crippen LogP contribution >= 0.6 is 11.6 Å². The molecule has 1 aromatic heterocycles. The van der Waals surface area contributed by atoms with Crippen molar-refractivity contribution in [3.05, 3.63) is 39.5 Å². The fourth-order valence-electron chi connectivity index (χ4n) is 2.51. The van der Waals surface area contributed by atoms with Gasteiger partial charge < -0.3 is 0 Å². The molecule has 0 saturated carbocycles. The summed E-state index contributed by atoms with van der Waals surface area (Å²) in [4.78, 5) is 15.6. The number of nitrogens with zero attached hydrogens (tertiary/aromatic N) is 1. The normalized spacial score (nSPS) is 11.2. The summed E-state index contributed by atoms with van der Waals surface area (Å²) in [5.74, 6) is 0.231. The monoisotopic (exact) mass is 261 g/mol. The molecule has 0 atom stereocenters. The Morgan fingerprint density at radius 2 is 1.94 bits per heavy atom. The van der Waals surface area contributed by atoms with Crippen molar-refractivity contribution in [2.75, 3.05) is 0 Å². The molecule has 0 aliphatic carbocycles. The van der Waals surface area contributed by atoms with Crippen molar-refractivity contribution in [1.29, 1.82) is 0 Å². The van der Waals surface area contributed by atoms with Crippen LogP contribution in [0.3, 0.4) is 0 Å². The number of hydrogen-bond donors (Lipinski definition) is 0. The van der Waals surface area contributed by atoms with Gasteiger partial charge in [-0.3, -0.25) is 4.79 Å². The van der Waals surface area contributed by atoms with Gasteiger partial charge in [-0.25, -0.2) is 4.98 Å². The molecular formula is C15H16ClNO. The average molecular weight is 262 g/mol. The number of aryl methyl sites for hydroxylation is 2. The maximum Gasteiger partial charge on any atom is 0.153 e. The van der Waals surface area contributed by atoms with E-state index in [1.165, 1.54) is 0 Å². The summed E-state index contributed by atoms with van der Waals surface area (Å²) < 4.78 is 0. The highest BCUT2D eigenvalue weighted by molar-refractivity contribution is 6.32. The van der Waals surface area contributed by atoms with Crippen LogP contribution in [-0.4, -0.2) is 11.3 Å². The SMILES string of the molecule is Cc1cc(C)c2c(C(C)C)c(C=O)c(Cl)nc2c1. The topological polar surface area (TPSA) is 30.0 Å². The van der Waals surface area contributed by atoms with Gasteiger partial charge in [-0.05, 0) is 42.5 Å². The van der Waals surface area contributed by atoms with Crippen LogP contribution in [0.25, 0.3) is 10.9 Å². The number of carbonyl (C=O) groups excluding carboxylic acids is 1. The third kappa shape index (κ3) is 2.01. The zero-order valence-electron chi connectivity index (χ0n) is 11.0. The molecule has 0 fully saturated rings. The second-order valence-corrected chi connectivity index (χ2v) is 5.34. The summed E-state index contributed by atoms with van der Waals surface area (Å²) in [5, 5.41) is 1.35. The first-order chi connectivity index (χ1) is 8.45. The molecule has 0 saturated heterocycles. The second-order valence-electron chi connectivity index (χ2n) is 4.98. The highest BCUT2D eigenvalue weighted by Crippen LogP contribution is 2.33. The molecule has 94 valence electrons. The van der Waals surface area contributed by atoms with E-state index in [4.69, 9.17) is 11.6 Å². The zero-order valence-corrected chi connectivity index (χ0v) is 11.8. The number of pyridine rings is 1. The summed E-state index contributed by atoms with van der Waals surface area (Å²) in [6, 6.07) is 4.12. The Bertz CT molecular complexity index is 632. The summed E-state index contributed by atoms with van der Waals surface area (Å²) in [5.41, 5.74) is 4.67. The summed E-state index contributed by atoms with van der Waals surface area (Å²) in [6.07, 6.45) is 0.809. The van der Waals surface area contributed by atoms with E-state index >= 15 is 0 Å². The number of aromatic nitrogens is 1. The van der Waals surface area contributed by atoms with E-state index in [9.17, 15) is 4.79 Å². The van der Waals surface area contributed by atoms with Gasteiger partial charge in [-0.1, -0.05) is 31.5 Å².